The van der Waals surface area contributed by atoms with Gasteiger partial charge in [0.2, 0.25) is 0 Å². The first-order chi connectivity index (χ1) is 10.2. The molecule has 0 heterocycles. The fourth-order valence-corrected chi connectivity index (χ4v) is 2.45. The van der Waals surface area contributed by atoms with Gasteiger partial charge in [-0.25, -0.2) is 0 Å². The second-order valence-corrected chi connectivity index (χ2v) is 5.04. The average Bonchev–Trinajstić information content (AvgIpc) is 2.55. The van der Waals surface area contributed by atoms with Crippen LogP contribution in [0.4, 0.5) is 0 Å². The van der Waals surface area contributed by atoms with E-state index in [9.17, 15) is 4.79 Å². The second-order valence-electron chi connectivity index (χ2n) is 5.04. The van der Waals surface area contributed by atoms with Gasteiger partial charge in [0.25, 0.3) is 0 Å². The molecular weight excluding hydrogens is 264 g/mol. The van der Waals surface area contributed by atoms with Gasteiger partial charge in [-0.1, -0.05) is 37.3 Å². The maximum atomic E-state index is 11.3. The molecule has 0 saturated carbocycles. The van der Waals surface area contributed by atoms with E-state index in [1.807, 2.05) is 24.3 Å². The van der Waals surface area contributed by atoms with Crippen LogP contribution in [0.3, 0.4) is 0 Å². The van der Waals surface area contributed by atoms with Gasteiger partial charge < -0.3 is 9.47 Å². The lowest BCUT2D eigenvalue weighted by Crippen LogP contribution is -2.03. The SMILES string of the molecule is COc1cc(C=O)c(CC(C)c2ccccc2)cc1OC. The lowest BCUT2D eigenvalue weighted by molar-refractivity contribution is 0.112. The Morgan fingerprint density at radius 1 is 1.05 bits per heavy atom. The third-order valence-electron chi connectivity index (χ3n) is 3.67. The Kier molecular flexibility index (Phi) is 4.99. The Morgan fingerprint density at radius 2 is 1.67 bits per heavy atom. The molecule has 2 aromatic rings. The van der Waals surface area contributed by atoms with Crippen molar-refractivity contribution in [1.29, 1.82) is 0 Å². The Bertz CT molecular complexity index is 605. The average molecular weight is 284 g/mol. The van der Waals surface area contributed by atoms with Gasteiger partial charge in [-0.3, -0.25) is 4.79 Å². The molecule has 0 N–H and O–H groups in total. The van der Waals surface area contributed by atoms with Crippen molar-refractivity contribution in [1.82, 2.24) is 0 Å². The molecule has 0 aliphatic rings. The minimum absolute atomic E-state index is 0.322. The van der Waals surface area contributed by atoms with Crippen molar-refractivity contribution in [2.45, 2.75) is 19.3 Å². The maximum absolute atomic E-state index is 11.3. The summed E-state index contributed by atoms with van der Waals surface area (Å²) in [4.78, 5) is 11.3. The lowest BCUT2D eigenvalue weighted by atomic mass is 9.91. The molecule has 1 atom stereocenters. The zero-order valence-electron chi connectivity index (χ0n) is 12.6. The number of carbonyl (C=O) groups is 1. The summed E-state index contributed by atoms with van der Waals surface area (Å²) in [5, 5.41) is 0. The Labute approximate surface area is 125 Å². The molecule has 2 rings (SSSR count). The summed E-state index contributed by atoms with van der Waals surface area (Å²) in [6.07, 6.45) is 1.65. The molecule has 0 aromatic heterocycles. The monoisotopic (exact) mass is 284 g/mol. The van der Waals surface area contributed by atoms with E-state index in [0.717, 1.165) is 18.3 Å². The van der Waals surface area contributed by atoms with Crippen molar-refractivity contribution < 1.29 is 14.3 Å². The van der Waals surface area contributed by atoms with Crippen molar-refractivity contribution in [3.63, 3.8) is 0 Å². The summed E-state index contributed by atoms with van der Waals surface area (Å²) in [7, 11) is 3.17. The fourth-order valence-electron chi connectivity index (χ4n) is 2.45. The van der Waals surface area contributed by atoms with Gasteiger partial charge in [0.1, 0.15) is 6.29 Å². The maximum Gasteiger partial charge on any atom is 0.161 e. The molecular formula is C18H20O3. The molecule has 0 radical (unpaired) electrons. The van der Waals surface area contributed by atoms with Gasteiger partial charge in [0.05, 0.1) is 14.2 Å². The molecule has 0 amide bonds. The van der Waals surface area contributed by atoms with Crippen LogP contribution >= 0.6 is 0 Å². The van der Waals surface area contributed by atoms with Gasteiger partial charge in [0.15, 0.2) is 11.5 Å². The molecule has 3 nitrogen and oxygen atoms in total. The van der Waals surface area contributed by atoms with Crippen molar-refractivity contribution in [3.8, 4) is 11.5 Å². The second kappa shape index (κ2) is 6.93. The predicted octanol–water partition coefficient (Wildman–Crippen LogP) is 3.86. The Morgan fingerprint density at radius 3 is 2.24 bits per heavy atom. The van der Waals surface area contributed by atoms with E-state index in [-0.39, 0.29) is 0 Å². The largest absolute Gasteiger partial charge is 0.493 e. The van der Waals surface area contributed by atoms with Crippen LogP contribution in [-0.2, 0) is 6.42 Å². The summed E-state index contributed by atoms with van der Waals surface area (Å²) in [5.74, 6) is 1.55. The highest BCUT2D eigenvalue weighted by molar-refractivity contribution is 5.79. The molecule has 0 aliphatic carbocycles. The smallest absolute Gasteiger partial charge is 0.161 e. The van der Waals surface area contributed by atoms with E-state index in [2.05, 4.69) is 19.1 Å². The van der Waals surface area contributed by atoms with Gasteiger partial charge in [0, 0.05) is 5.56 Å². The molecule has 2 aromatic carbocycles. The summed E-state index contributed by atoms with van der Waals surface area (Å²) in [6.45, 7) is 2.15. The van der Waals surface area contributed by atoms with Crippen LogP contribution in [-0.4, -0.2) is 20.5 Å². The first-order valence-corrected chi connectivity index (χ1v) is 6.94. The number of hydrogen-bond acceptors (Lipinski definition) is 3. The van der Waals surface area contributed by atoms with E-state index < -0.39 is 0 Å². The molecule has 1 unspecified atom stereocenters. The Balaban J connectivity index is 2.32. The van der Waals surface area contributed by atoms with E-state index in [0.29, 0.717) is 23.0 Å². The van der Waals surface area contributed by atoms with Crippen molar-refractivity contribution in [2.75, 3.05) is 14.2 Å². The summed E-state index contributed by atoms with van der Waals surface area (Å²) in [5.41, 5.74) is 2.87. The van der Waals surface area contributed by atoms with Crippen LogP contribution in [0.5, 0.6) is 11.5 Å². The number of methoxy groups -OCH3 is 2. The van der Waals surface area contributed by atoms with Crippen LogP contribution in [0, 0.1) is 0 Å². The quantitative estimate of drug-likeness (QED) is 0.756. The molecule has 21 heavy (non-hydrogen) atoms. The zero-order chi connectivity index (χ0) is 15.2. The minimum Gasteiger partial charge on any atom is -0.493 e. The Hall–Kier alpha value is -2.29. The van der Waals surface area contributed by atoms with Gasteiger partial charge >= 0.3 is 0 Å². The molecule has 0 fully saturated rings. The van der Waals surface area contributed by atoms with E-state index in [4.69, 9.17) is 9.47 Å². The fraction of sp³-hybridized carbons (Fsp3) is 0.278. The number of carbonyl (C=O) groups excluding carboxylic acids is 1. The van der Waals surface area contributed by atoms with Crippen LogP contribution in [0.2, 0.25) is 0 Å². The molecule has 3 heteroatoms. The molecule has 0 saturated heterocycles. The summed E-state index contributed by atoms with van der Waals surface area (Å²) >= 11 is 0. The lowest BCUT2D eigenvalue weighted by Gasteiger charge is -2.16. The summed E-state index contributed by atoms with van der Waals surface area (Å²) < 4.78 is 10.6. The van der Waals surface area contributed by atoms with Crippen molar-refractivity contribution in [3.05, 3.63) is 59.2 Å². The standard InChI is InChI=1S/C18H20O3/c1-13(14-7-5-4-6-8-14)9-15-10-17(20-2)18(21-3)11-16(15)12-19/h4-8,10-13H,9H2,1-3H3. The zero-order valence-corrected chi connectivity index (χ0v) is 12.6. The van der Waals surface area contributed by atoms with Gasteiger partial charge in [-0.2, -0.15) is 0 Å². The molecule has 110 valence electrons. The van der Waals surface area contributed by atoms with Crippen LogP contribution in [0.1, 0.15) is 34.3 Å². The molecule has 0 spiro atoms. The number of rotatable bonds is 6. The van der Waals surface area contributed by atoms with Crippen LogP contribution < -0.4 is 9.47 Å². The predicted molar refractivity (Wildman–Crippen MR) is 83.5 cm³/mol. The molecule has 0 bridgehead atoms. The van der Waals surface area contributed by atoms with Gasteiger partial charge in [-0.15, -0.1) is 0 Å². The van der Waals surface area contributed by atoms with E-state index in [1.54, 1.807) is 20.3 Å². The van der Waals surface area contributed by atoms with Crippen molar-refractivity contribution >= 4 is 6.29 Å². The number of hydrogen-bond donors (Lipinski definition) is 0. The van der Waals surface area contributed by atoms with Gasteiger partial charge in [-0.05, 0) is 35.6 Å². The number of benzene rings is 2. The van der Waals surface area contributed by atoms with E-state index in [1.165, 1.54) is 5.56 Å². The van der Waals surface area contributed by atoms with Crippen LogP contribution in [0.25, 0.3) is 0 Å². The van der Waals surface area contributed by atoms with Crippen molar-refractivity contribution in [2.24, 2.45) is 0 Å². The van der Waals surface area contributed by atoms with E-state index >= 15 is 0 Å². The van der Waals surface area contributed by atoms with Crippen LogP contribution in [0.15, 0.2) is 42.5 Å². The first-order valence-electron chi connectivity index (χ1n) is 6.94. The first kappa shape index (κ1) is 15.1. The summed E-state index contributed by atoms with van der Waals surface area (Å²) in [6, 6.07) is 13.9. The normalized spacial score (nSPS) is 11.8. The number of aldehydes is 1. The highest BCUT2D eigenvalue weighted by Gasteiger charge is 2.14. The third kappa shape index (κ3) is 3.43. The molecule has 0 aliphatic heterocycles. The highest BCUT2D eigenvalue weighted by atomic mass is 16.5. The third-order valence-corrected chi connectivity index (χ3v) is 3.67. The minimum atomic E-state index is 0.322. The number of ether oxygens (including phenoxy) is 2. The topological polar surface area (TPSA) is 35.5 Å². The highest BCUT2D eigenvalue weighted by Crippen LogP contribution is 2.32.